The van der Waals surface area contributed by atoms with E-state index in [-0.39, 0.29) is 24.6 Å². The van der Waals surface area contributed by atoms with Crippen molar-refractivity contribution < 1.29 is 23.5 Å². The Balaban J connectivity index is 1.53. The number of ether oxygens (including phenoxy) is 2. The Morgan fingerprint density at radius 3 is 2.23 bits per heavy atom. The van der Waals surface area contributed by atoms with Gasteiger partial charge < -0.3 is 14.4 Å². The van der Waals surface area contributed by atoms with Gasteiger partial charge in [-0.05, 0) is 35.4 Å². The molecule has 5 nitrogen and oxygen atoms in total. The fraction of sp³-hybridized carbons (Fsp3) is 0.200. The highest BCUT2D eigenvalue weighted by molar-refractivity contribution is 5.97. The predicted molar refractivity (Wildman–Crippen MR) is 114 cm³/mol. The van der Waals surface area contributed by atoms with Crippen LogP contribution >= 0.6 is 0 Å². The molecule has 158 valence electrons. The Hall–Kier alpha value is -3.67. The van der Waals surface area contributed by atoms with Gasteiger partial charge in [0, 0.05) is 12.0 Å². The second kappa shape index (κ2) is 9.00. The molecule has 6 heteroatoms. The summed E-state index contributed by atoms with van der Waals surface area (Å²) in [4.78, 5) is 26.9. The van der Waals surface area contributed by atoms with Crippen molar-refractivity contribution >= 4 is 11.9 Å². The summed E-state index contributed by atoms with van der Waals surface area (Å²) in [5, 5.41) is 0. The second-order valence-electron chi connectivity index (χ2n) is 7.35. The highest BCUT2D eigenvalue weighted by Crippen LogP contribution is 2.28. The van der Waals surface area contributed by atoms with Crippen LogP contribution in [0.4, 0.5) is 4.39 Å². The molecular weight excluding hydrogens is 397 g/mol. The van der Waals surface area contributed by atoms with E-state index in [0.29, 0.717) is 5.56 Å². The van der Waals surface area contributed by atoms with Gasteiger partial charge in [0.05, 0.1) is 13.7 Å². The first-order valence-electron chi connectivity index (χ1n) is 10.0. The molecule has 31 heavy (non-hydrogen) atoms. The highest BCUT2D eigenvalue weighted by atomic mass is 19.1. The molecule has 0 saturated carbocycles. The normalized spacial score (nSPS) is 17.9. The average molecular weight is 419 g/mol. The smallest absolute Gasteiger partial charge is 0.328 e. The Morgan fingerprint density at radius 1 is 0.903 bits per heavy atom. The Kier molecular flexibility index (Phi) is 5.98. The molecule has 1 fully saturated rings. The van der Waals surface area contributed by atoms with Crippen molar-refractivity contribution in [2.45, 2.75) is 18.6 Å². The molecule has 0 spiro atoms. The van der Waals surface area contributed by atoms with Gasteiger partial charge in [0.2, 0.25) is 0 Å². The monoisotopic (exact) mass is 419 g/mol. The SMILES string of the molecule is COC(=O)C1CC(Oc2ccccc2F)CN1C(=O)c1ccc(-c2ccccc2)cc1. The zero-order valence-corrected chi connectivity index (χ0v) is 17.0. The number of rotatable bonds is 5. The number of halogens is 1. The molecule has 2 atom stereocenters. The Labute approximate surface area is 180 Å². The summed E-state index contributed by atoms with van der Waals surface area (Å²) in [6, 6.07) is 22.4. The molecule has 3 aromatic carbocycles. The number of esters is 1. The molecule has 0 radical (unpaired) electrons. The molecule has 1 heterocycles. The van der Waals surface area contributed by atoms with E-state index in [2.05, 4.69) is 0 Å². The van der Waals surface area contributed by atoms with Gasteiger partial charge in [0.1, 0.15) is 12.1 Å². The van der Waals surface area contributed by atoms with E-state index >= 15 is 0 Å². The van der Waals surface area contributed by atoms with Crippen LogP contribution < -0.4 is 4.74 Å². The summed E-state index contributed by atoms with van der Waals surface area (Å²) in [6.45, 7) is 0.160. The van der Waals surface area contributed by atoms with E-state index in [4.69, 9.17) is 9.47 Å². The minimum absolute atomic E-state index is 0.0950. The van der Waals surface area contributed by atoms with Crippen LogP contribution in [-0.2, 0) is 9.53 Å². The summed E-state index contributed by atoms with van der Waals surface area (Å²) in [6.07, 6.45) is -0.289. The first-order valence-corrected chi connectivity index (χ1v) is 10.0. The minimum Gasteiger partial charge on any atom is -0.485 e. The number of amides is 1. The van der Waals surface area contributed by atoms with Gasteiger partial charge in [0.15, 0.2) is 11.6 Å². The van der Waals surface area contributed by atoms with Gasteiger partial charge >= 0.3 is 5.97 Å². The van der Waals surface area contributed by atoms with Crippen LogP contribution in [-0.4, -0.2) is 42.6 Å². The quantitative estimate of drug-likeness (QED) is 0.578. The van der Waals surface area contributed by atoms with Crippen molar-refractivity contribution in [3.05, 3.63) is 90.2 Å². The van der Waals surface area contributed by atoms with E-state index in [1.54, 1.807) is 24.3 Å². The van der Waals surface area contributed by atoms with Crippen LogP contribution in [0.15, 0.2) is 78.9 Å². The lowest BCUT2D eigenvalue weighted by molar-refractivity contribution is -0.145. The van der Waals surface area contributed by atoms with Gasteiger partial charge in [-0.1, -0.05) is 54.6 Å². The van der Waals surface area contributed by atoms with Gasteiger partial charge in [-0.3, -0.25) is 4.79 Å². The summed E-state index contributed by atoms with van der Waals surface area (Å²) in [7, 11) is 1.28. The molecule has 3 aromatic rings. The number of carbonyl (C=O) groups is 2. The van der Waals surface area contributed by atoms with Crippen LogP contribution in [0.3, 0.4) is 0 Å². The Bertz CT molecular complexity index is 1070. The fourth-order valence-corrected chi connectivity index (χ4v) is 3.79. The molecule has 1 aliphatic heterocycles. The number of hydrogen-bond donors (Lipinski definition) is 0. The maximum Gasteiger partial charge on any atom is 0.328 e. The molecule has 4 rings (SSSR count). The molecule has 1 aliphatic rings. The third-order valence-electron chi connectivity index (χ3n) is 5.37. The number of carbonyl (C=O) groups excluding carboxylic acids is 2. The molecule has 1 saturated heterocycles. The zero-order valence-electron chi connectivity index (χ0n) is 17.0. The summed E-state index contributed by atoms with van der Waals surface area (Å²) < 4.78 is 24.6. The summed E-state index contributed by atoms with van der Waals surface area (Å²) in [5.74, 6) is -1.21. The second-order valence-corrected chi connectivity index (χ2v) is 7.35. The van der Waals surface area contributed by atoms with Crippen molar-refractivity contribution in [2.75, 3.05) is 13.7 Å². The van der Waals surface area contributed by atoms with Crippen molar-refractivity contribution in [3.63, 3.8) is 0 Å². The number of likely N-dealkylation sites (tertiary alicyclic amines) is 1. The number of nitrogens with zero attached hydrogens (tertiary/aromatic N) is 1. The third-order valence-corrected chi connectivity index (χ3v) is 5.37. The third kappa shape index (κ3) is 4.43. The molecule has 0 bridgehead atoms. The molecule has 0 N–H and O–H groups in total. The van der Waals surface area contributed by atoms with E-state index < -0.39 is 23.9 Å². The molecular formula is C25H22FNO4. The standard InChI is InChI=1S/C25H22FNO4/c1-30-25(29)22-15-20(31-23-10-6-5-9-21(23)26)16-27(22)24(28)19-13-11-18(12-14-19)17-7-3-2-4-8-17/h2-14,20,22H,15-16H2,1H3. The van der Waals surface area contributed by atoms with Gasteiger partial charge in [-0.15, -0.1) is 0 Å². The lowest BCUT2D eigenvalue weighted by atomic mass is 10.0. The zero-order chi connectivity index (χ0) is 21.8. The van der Waals surface area contributed by atoms with E-state index in [0.717, 1.165) is 11.1 Å². The van der Waals surface area contributed by atoms with Crippen molar-refractivity contribution in [3.8, 4) is 16.9 Å². The van der Waals surface area contributed by atoms with E-state index in [1.165, 1.54) is 24.1 Å². The van der Waals surface area contributed by atoms with E-state index in [9.17, 15) is 14.0 Å². The summed E-state index contributed by atoms with van der Waals surface area (Å²) in [5.41, 5.74) is 2.50. The lowest BCUT2D eigenvalue weighted by Crippen LogP contribution is -2.41. The predicted octanol–water partition coefficient (Wildman–Crippen LogP) is 4.33. The van der Waals surface area contributed by atoms with Crippen molar-refractivity contribution in [1.29, 1.82) is 0 Å². The minimum atomic E-state index is -0.789. The van der Waals surface area contributed by atoms with Gasteiger partial charge in [-0.25, -0.2) is 9.18 Å². The van der Waals surface area contributed by atoms with Crippen LogP contribution in [0.5, 0.6) is 5.75 Å². The Morgan fingerprint density at radius 2 is 1.55 bits per heavy atom. The van der Waals surface area contributed by atoms with Crippen molar-refractivity contribution in [1.82, 2.24) is 4.90 Å². The number of methoxy groups -OCH3 is 1. The fourth-order valence-electron chi connectivity index (χ4n) is 3.79. The topological polar surface area (TPSA) is 55.8 Å². The largest absolute Gasteiger partial charge is 0.485 e. The van der Waals surface area contributed by atoms with Gasteiger partial charge in [-0.2, -0.15) is 0 Å². The van der Waals surface area contributed by atoms with Gasteiger partial charge in [0.25, 0.3) is 5.91 Å². The number of hydrogen-bond acceptors (Lipinski definition) is 4. The van der Waals surface area contributed by atoms with Crippen molar-refractivity contribution in [2.24, 2.45) is 0 Å². The van der Waals surface area contributed by atoms with Crippen LogP contribution in [0, 0.1) is 5.82 Å². The van der Waals surface area contributed by atoms with Crippen LogP contribution in [0.25, 0.3) is 11.1 Å². The maximum atomic E-state index is 14.0. The average Bonchev–Trinajstić information content (AvgIpc) is 3.24. The molecule has 2 unspecified atom stereocenters. The molecule has 1 amide bonds. The first-order chi connectivity index (χ1) is 15.1. The highest BCUT2D eigenvalue weighted by Gasteiger charge is 2.42. The summed E-state index contributed by atoms with van der Waals surface area (Å²) >= 11 is 0. The first kappa shape index (κ1) is 20.6. The van der Waals surface area contributed by atoms with E-state index in [1.807, 2.05) is 42.5 Å². The van der Waals surface area contributed by atoms with Crippen LogP contribution in [0.1, 0.15) is 16.8 Å². The number of benzene rings is 3. The maximum absolute atomic E-state index is 14.0. The lowest BCUT2D eigenvalue weighted by Gasteiger charge is -2.22. The molecule has 0 aliphatic carbocycles. The number of para-hydroxylation sites is 1. The molecule has 0 aromatic heterocycles. The van der Waals surface area contributed by atoms with Crippen LogP contribution in [0.2, 0.25) is 0 Å².